The minimum Gasteiger partial charge on any atom is -0.368 e. The fourth-order valence-electron chi connectivity index (χ4n) is 3.66. The van der Waals surface area contributed by atoms with Crippen LogP contribution in [0.25, 0.3) is 0 Å². The molecule has 3 rings (SSSR count). The average Bonchev–Trinajstić information content (AvgIpc) is 3.32. The van der Waals surface area contributed by atoms with Crippen LogP contribution in [0.5, 0.6) is 0 Å². The van der Waals surface area contributed by atoms with Crippen LogP contribution >= 0.6 is 43.2 Å². The zero-order valence-corrected chi connectivity index (χ0v) is 19.9. The summed E-state index contributed by atoms with van der Waals surface area (Å²) in [6, 6.07) is 12.0. The lowest BCUT2D eigenvalue weighted by molar-refractivity contribution is -0.125. The van der Waals surface area contributed by atoms with Gasteiger partial charge in [0.2, 0.25) is 5.91 Å². The van der Waals surface area contributed by atoms with Gasteiger partial charge in [-0.25, -0.2) is 0 Å². The van der Waals surface area contributed by atoms with Crippen LogP contribution in [0.15, 0.2) is 44.7 Å². The van der Waals surface area contributed by atoms with Crippen molar-refractivity contribution >= 4 is 49.1 Å². The molecule has 0 spiro atoms. The Morgan fingerprint density at radius 1 is 1.29 bits per heavy atom. The van der Waals surface area contributed by atoms with Gasteiger partial charge in [-0.3, -0.25) is 9.69 Å². The molecule has 0 radical (unpaired) electrons. The Balaban J connectivity index is 2.17. The number of nitrogens with two attached hydrogens (primary N) is 1. The molecule has 1 heterocycles. The van der Waals surface area contributed by atoms with E-state index in [0.717, 1.165) is 32.2 Å². The molecule has 1 saturated carbocycles. The number of halogens is 2. The van der Waals surface area contributed by atoms with Crippen molar-refractivity contribution in [2.24, 2.45) is 11.7 Å². The fourth-order valence-corrected chi connectivity index (χ4v) is 5.50. The van der Waals surface area contributed by atoms with E-state index in [-0.39, 0.29) is 17.9 Å². The molecule has 1 aliphatic rings. The number of thiophene rings is 1. The SMILES string of the molecule is CC(C)C[C@@H](C(N)=O)N([C@@H](c1ccc(Br)cc1)c1cc(Br)cs1)C1(C#N)CC1. The monoisotopic (exact) mass is 523 g/mol. The molecular formula is C21H23Br2N3OS. The molecule has 0 unspecified atom stereocenters. The number of primary amides is 1. The molecule has 148 valence electrons. The Morgan fingerprint density at radius 2 is 1.93 bits per heavy atom. The van der Waals surface area contributed by atoms with E-state index in [2.05, 4.69) is 74.9 Å². The highest BCUT2D eigenvalue weighted by Crippen LogP contribution is 2.50. The van der Waals surface area contributed by atoms with E-state index >= 15 is 0 Å². The molecule has 0 bridgehead atoms. The van der Waals surface area contributed by atoms with Crippen molar-refractivity contribution in [3.8, 4) is 6.07 Å². The highest BCUT2D eigenvalue weighted by Gasteiger charge is 2.55. The quantitative estimate of drug-likeness (QED) is 0.487. The zero-order chi connectivity index (χ0) is 20.5. The first kappa shape index (κ1) is 21.5. The normalized spacial score (nSPS) is 17.3. The van der Waals surface area contributed by atoms with E-state index in [1.807, 2.05) is 17.5 Å². The average molecular weight is 525 g/mol. The van der Waals surface area contributed by atoms with Crippen LogP contribution in [0, 0.1) is 17.2 Å². The summed E-state index contributed by atoms with van der Waals surface area (Å²) in [4.78, 5) is 15.7. The standard InChI is InChI=1S/C21H23Br2N3OS/c1-13(2)9-17(20(25)27)26(21(12-24)7-8-21)19(18-10-16(23)11-28-18)14-3-5-15(22)6-4-14/h3-6,10-11,13,17,19H,7-9H2,1-2H3,(H2,25,27)/t17-,19-/m0/s1. The van der Waals surface area contributed by atoms with Crippen LogP contribution in [-0.4, -0.2) is 22.4 Å². The van der Waals surface area contributed by atoms with Crippen molar-refractivity contribution in [3.05, 3.63) is 55.1 Å². The second-order valence-corrected chi connectivity index (χ2v) is 10.5. The molecule has 1 aromatic heterocycles. The van der Waals surface area contributed by atoms with Gasteiger partial charge in [-0.2, -0.15) is 5.26 Å². The maximum absolute atomic E-state index is 12.6. The Labute approximate surface area is 187 Å². The number of carbonyl (C=O) groups is 1. The minimum absolute atomic E-state index is 0.206. The van der Waals surface area contributed by atoms with Crippen molar-refractivity contribution in [3.63, 3.8) is 0 Å². The van der Waals surface area contributed by atoms with Gasteiger partial charge >= 0.3 is 0 Å². The number of benzene rings is 1. The lowest BCUT2D eigenvalue weighted by Gasteiger charge is -2.40. The smallest absolute Gasteiger partial charge is 0.234 e. The molecule has 0 saturated heterocycles. The summed E-state index contributed by atoms with van der Waals surface area (Å²) in [7, 11) is 0. The van der Waals surface area contributed by atoms with Crippen LogP contribution < -0.4 is 5.73 Å². The van der Waals surface area contributed by atoms with Gasteiger partial charge in [0.05, 0.1) is 18.2 Å². The third-order valence-electron chi connectivity index (χ3n) is 5.11. The number of rotatable bonds is 8. The van der Waals surface area contributed by atoms with E-state index in [0.29, 0.717) is 6.42 Å². The van der Waals surface area contributed by atoms with Gasteiger partial charge in [0.1, 0.15) is 5.54 Å². The first-order valence-corrected chi connectivity index (χ1v) is 11.7. The minimum atomic E-state index is -0.650. The van der Waals surface area contributed by atoms with Gasteiger partial charge in [-0.1, -0.05) is 41.9 Å². The summed E-state index contributed by atoms with van der Waals surface area (Å²) >= 11 is 8.67. The first-order valence-electron chi connectivity index (χ1n) is 9.26. The summed E-state index contributed by atoms with van der Waals surface area (Å²) < 4.78 is 1.99. The van der Waals surface area contributed by atoms with E-state index in [1.54, 1.807) is 11.3 Å². The van der Waals surface area contributed by atoms with Gasteiger partial charge in [-0.15, -0.1) is 11.3 Å². The highest BCUT2D eigenvalue weighted by molar-refractivity contribution is 9.10. The van der Waals surface area contributed by atoms with E-state index in [9.17, 15) is 10.1 Å². The number of carbonyl (C=O) groups excluding carboxylic acids is 1. The highest BCUT2D eigenvalue weighted by atomic mass is 79.9. The third-order valence-corrected chi connectivity index (χ3v) is 7.38. The summed E-state index contributed by atoms with van der Waals surface area (Å²) in [5.74, 6) is -0.0805. The summed E-state index contributed by atoms with van der Waals surface area (Å²) in [5, 5.41) is 12.1. The summed E-state index contributed by atoms with van der Waals surface area (Å²) in [6.07, 6.45) is 2.13. The molecule has 1 aromatic carbocycles. The number of hydrogen-bond acceptors (Lipinski definition) is 4. The maximum atomic E-state index is 12.6. The van der Waals surface area contributed by atoms with Gasteiger partial charge in [0, 0.05) is 19.2 Å². The topological polar surface area (TPSA) is 70.1 Å². The van der Waals surface area contributed by atoms with Crippen LogP contribution in [0.3, 0.4) is 0 Å². The predicted octanol–water partition coefficient (Wildman–Crippen LogP) is 5.62. The Morgan fingerprint density at radius 3 is 2.36 bits per heavy atom. The molecule has 1 amide bonds. The van der Waals surface area contributed by atoms with Crippen LogP contribution in [0.1, 0.15) is 49.6 Å². The second-order valence-electron chi connectivity index (χ2n) is 7.72. The largest absolute Gasteiger partial charge is 0.368 e. The van der Waals surface area contributed by atoms with Gasteiger partial charge in [0.25, 0.3) is 0 Å². The third kappa shape index (κ3) is 4.51. The van der Waals surface area contributed by atoms with Crippen LogP contribution in [0.2, 0.25) is 0 Å². The molecule has 28 heavy (non-hydrogen) atoms. The van der Waals surface area contributed by atoms with Crippen molar-refractivity contribution in [1.82, 2.24) is 4.90 Å². The molecule has 2 atom stereocenters. The van der Waals surface area contributed by atoms with E-state index < -0.39 is 11.6 Å². The van der Waals surface area contributed by atoms with Gasteiger partial charge in [-0.05, 0) is 64.9 Å². The number of amides is 1. The molecule has 2 aromatic rings. The Bertz CT molecular complexity index is 884. The molecule has 7 heteroatoms. The molecule has 1 fully saturated rings. The molecule has 1 aliphatic carbocycles. The molecular weight excluding hydrogens is 502 g/mol. The van der Waals surface area contributed by atoms with Crippen LogP contribution in [-0.2, 0) is 4.79 Å². The van der Waals surface area contributed by atoms with Crippen LogP contribution in [0.4, 0.5) is 0 Å². The Kier molecular flexibility index (Phi) is 6.65. The molecule has 2 N–H and O–H groups in total. The van der Waals surface area contributed by atoms with Gasteiger partial charge in [0.15, 0.2) is 0 Å². The first-order chi connectivity index (χ1) is 13.3. The van der Waals surface area contributed by atoms with Crippen molar-refractivity contribution < 1.29 is 4.79 Å². The van der Waals surface area contributed by atoms with E-state index in [1.165, 1.54) is 0 Å². The number of nitrogens with zero attached hydrogens (tertiary/aromatic N) is 2. The maximum Gasteiger partial charge on any atom is 0.234 e. The van der Waals surface area contributed by atoms with Crippen molar-refractivity contribution in [2.45, 2.75) is 50.7 Å². The summed E-state index contributed by atoms with van der Waals surface area (Å²) in [6.45, 7) is 4.16. The summed E-state index contributed by atoms with van der Waals surface area (Å²) in [5.41, 5.74) is 6.29. The molecule has 4 nitrogen and oxygen atoms in total. The predicted molar refractivity (Wildman–Crippen MR) is 120 cm³/mol. The second kappa shape index (κ2) is 8.66. The molecule has 0 aliphatic heterocycles. The number of hydrogen-bond donors (Lipinski definition) is 1. The van der Waals surface area contributed by atoms with E-state index in [4.69, 9.17) is 5.73 Å². The number of nitriles is 1. The lowest BCUT2D eigenvalue weighted by atomic mass is 9.93. The fraction of sp³-hybridized carbons (Fsp3) is 0.429. The van der Waals surface area contributed by atoms with Crippen molar-refractivity contribution in [1.29, 1.82) is 5.26 Å². The van der Waals surface area contributed by atoms with Crippen molar-refractivity contribution in [2.75, 3.05) is 0 Å². The zero-order valence-electron chi connectivity index (χ0n) is 15.9. The van der Waals surface area contributed by atoms with Gasteiger partial charge < -0.3 is 5.73 Å². The lowest BCUT2D eigenvalue weighted by Crippen LogP contribution is -2.53. The Hall–Kier alpha value is -1.20.